The van der Waals surface area contributed by atoms with Gasteiger partial charge in [-0.25, -0.2) is 14.6 Å². The van der Waals surface area contributed by atoms with Gasteiger partial charge in [0.2, 0.25) is 0 Å². The van der Waals surface area contributed by atoms with Crippen LogP contribution in [-0.2, 0) is 11.2 Å². The van der Waals surface area contributed by atoms with Crippen LogP contribution in [0.25, 0.3) is 0 Å². The molecule has 1 aromatic heterocycles. The fourth-order valence-electron chi connectivity index (χ4n) is 3.02. The number of hydrogen-bond donors (Lipinski definition) is 2. The minimum Gasteiger partial charge on any atom is -0.480 e. The summed E-state index contributed by atoms with van der Waals surface area (Å²) >= 11 is 0. The van der Waals surface area contributed by atoms with Crippen LogP contribution in [0, 0.1) is 0 Å². The maximum Gasteiger partial charge on any atom is 0.356 e. The highest BCUT2D eigenvalue weighted by Gasteiger charge is 2.36. The molecule has 2 N–H and O–H groups in total. The van der Waals surface area contributed by atoms with E-state index in [4.69, 9.17) is 0 Å². The Bertz CT molecular complexity index is 545. The van der Waals surface area contributed by atoms with Gasteiger partial charge in [0.1, 0.15) is 11.9 Å². The number of carboxylic acid groups (broad SMARTS) is 2. The smallest absolute Gasteiger partial charge is 0.356 e. The van der Waals surface area contributed by atoms with E-state index in [0.29, 0.717) is 30.8 Å². The molecule has 1 aromatic rings. The number of nitrogens with zero attached hydrogens (tertiary/aromatic N) is 2. The van der Waals surface area contributed by atoms with Crippen LogP contribution in [0.3, 0.4) is 0 Å². The summed E-state index contributed by atoms with van der Waals surface area (Å²) < 4.78 is 1.69. The second kappa shape index (κ2) is 4.36. The summed E-state index contributed by atoms with van der Waals surface area (Å²) in [5.74, 6) is -1.05. The molecule has 102 valence electrons. The van der Waals surface area contributed by atoms with Crippen molar-refractivity contribution in [2.45, 2.75) is 50.5 Å². The van der Waals surface area contributed by atoms with Gasteiger partial charge in [-0.3, -0.25) is 0 Å². The minimum absolute atomic E-state index is 0.0489. The van der Waals surface area contributed by atoms with E-state index in [2.05, 4.69) is 4.98 Å². The van der Waals surface area contributed by atoms with E-state index in [0.717, 1.165) is 19.3 Å². The van der Waals surface area contributed by atoms with Gasteiger partial charge >= 0.3 is 11.9 Å². The van der Waals surface area contributed by atoms with E-state index in [1.165, 1.54) is 0 Å². The Morgan fingerprint density at radius 3 is 2.42 bits per heavy atom. The quantitative estimate of drug-likeness (QED) is 0.868. The monoisotopic (exact) mass is 264 g/mol. The van der Waals surface area contributed by atoms with Crippen LogP contribution >= 0.6 is 0 Å². The molecule has 1 aliphatic carbocycles. The maximum atomic E-state index is 11.4. The van der Waals surface area contributed by atoms with Gasteiger partial charge in [0.05, 0.1) is 5.69 Å². The van der Waals surface area contributed by atoms with Crippen LogP contribution in [0.15, 0.2) is 0 Å². The molecule has 2 heterocycles. The molecule has 19 heavy (non-hydrogen) atoms. The van der Waals surface area contributed by atoms with E-state index in [1.807, 2.05) is 0 Å². The molecule has 3 rings (SSSR count). The largest absolute Gasteiger partial charge is 0.480 e. The molecule has 0 saturated heterocycles. The minimum atomic E-state index is -1.06. The third kappa shape index (κ3) is 1.82. The van der Waals surface area contributed by atoms with Crippen molar-refractivity contribution in [1.29, 1.82) is 0 Å². The van der Waals surface area contributed by atoms with E-state index in [1.54, 1.807) is 4.57 Å². The Morgan fingerprint density at radius 1 is 1.16 bits per heavy atom. The molecule has 0 amide bonds. The lowest BCUT2D eigenvalue weighted by molar-refractivity contribution is -0.141. The molecular weight excluding hydrogens is 248 g/mol. The van der Waals surface area contributed by atoms with Crippen LogP contribution in [0.5, 0.6) is 0 Å². The lowest BCUT2D eigenvalue weighted by Gasteiger charge is -2.30. The number of hydrogen-bond acceptors (Lipinski definition) is 3. The van der Waals surface area contributed by atoms with Crippen molar-refractivity contribution in [2.75, 3.05) is 0 Å². The van der Waals surface area contributed by atoms with Crippen LogP contribution in [-0.4, -0.2) is 31.7 Å². The van der Waals surface area contributed by atoms with E-state index >= 15 is 0 Å². The van der Waals surface area contributed by atoms with Crippen molar-refractivity contribution in [2.24, 2.45) is 0 Å². The molecule has 0 radical (unpaired) electrons. The van der Waals surface area contributed by atoms with Crippen LogP contribution in [0.1, 0.15) is 66.1 Å². The lowest BCUT2D eigenvalue weighted by Crippen LogP contribution is -2.28. The molecule has 1 saturated carbocycles. The van der Waals surface area contributed by atoms with Gasteiger partial charge in [0, 0.05) is 5.92 Å². The Labute approximate surface area is 110 Å². The first-order chi connectivity index (χ1) is 9.09. The molecule has 1 unspecified atom stereocenters. The number of carboxylic acids is 2. The number of rotatable bonds is 3. The standard InChI is InChI=1S/C13H16N2O4/c16-12(17)9-6-2-5-8-10(13(18)19)14-11(15(8)9)7-3-1-4-7/h7,9H,1-6H2,(H,16,17)(H,18,19). The van der Waals surface area contributed by atoms with Crippen LogP contribution in [0.2, 0.25) is 0 Å². The van der Waals surface area contributed by atoms with Gasteiger partial charge in [-0.05, 0) is 32.1 Å². The van der Waals surface area contributed by atoms with Crippen LogP contribution < -0.4 is 0 Å². The lowest BCUT2D eigenvalue weighted by atomic mass is 9.84. The van der Waals surface area contributed by atoms with Crippen molar-refractivity contribution in [3.63, 3.8) is 0 Å². The summed E-state index contributed by atoms with van der Waals surface area (Å²) in [7, 11) is 0. The Morgan fingerprint density at radius 2 is 1.89 bits per heavy atom. The highest BCUT2D eigenvalue weighted by Crippen LogP contribution is 2.40. The molecule has 0 aromatic carbocycles. The van der Waals surface area contributed by atoms with Crippen molar-refractivity contribution in [3.8, 4) is 0 Å². The first kappa shape index (κ1) is 12.2. The fourth-order valence-corrected chi connectivity index (χ4v) is 3.02. The Hall–Kier alpha value is -1.85. The number of imidazole rings is 1. The fraction of sp³-hybridized carbons (Fsp3) is 0.615. The molecule has 1 atom stereocenters. The van der Waals surface area contributed by atoms with E-state index in [-0.39, 0.29) is 11.6 Å². The molecule has 6 nitrogen and oxygen atoms in total. The van der Waals surface area contributed by atoms with Crippen molar-refractivity contribution < 1.29 is 19.8 Å². The van der Waals surface area contributed by atoms with Gasteiger partial charge < -0.3 is 14.8 Å². The number of aliphatic carboxylic acids is 1. The summed E-state index contributed by atoms with van der Waals surface area (Å²) in [5, 5.41) is 18.6. The SMILES string of the molecule is O=C(O)c1nc(C2CCC2)n2c1CCCC2C(=O)O. The van der Waals surface area contributed by atoms with Crippen LogP contribution in [0.4, 0.5) is 0 Å². The zero-order chi connectivity index (χ0) is 13.6. The summed E-state index contributed by atoms with van der Waals surface area (Å²) in [5.41, 5.74) is 0.640. The first-order valence-electron chi connectivity index (χ1n) is 6.66. The predicted octanol–water partition coefficient (Wildman–Crippen LogP) is 1.81. The van der Waals surface area contributed by atoms with E-state index in [9.17, 15) is 19.8 Å². The van der Waals surface area contributed by atoms with E-state index < -0.39 is 18.0 Å². The Kier molecular flexibility index (Phi) is 2.80. The summed E-state index contributed by atoms with van der Waals surface area (Å²) in [4.78, 5) is 26.9. The zero-order valence-electron chi connectivity index (χ0n) is 10.5. The summed E-state index contributed by atoms with van der Waals surface area (Å²) in [6, 6.07) is -0.653. The maximum absolute atomic E-state index is 11.4. The number of aromatic carboxylic acids is 1. The van der Waals surface area contributed by atoms with Gasteiger partial charge in [-0.1, -0.05) is 6.42 Å². The molecule has 1 aliphatic heterocycles. The highest BCUT2D eigenvalue weighted by atomic mass is 16.4. The topological polar surface area (TPSA) is 92.4 Å². The second-order valence-electron chi connectivity index (χ2n) is 5.31. The van der Waals surface area contributed by atoms with Gasteiger partial charge in [0.25, 0.3) is 0 Å². The second-order valence-corrected chi connectivity index (χ2v) is 5.31. The number of carbonyl (C=O) groups is 2. The van der Waals surface area contributed by atoms with Crippen molar-refractivity contribution in [1.82, 2.24) is 9.55 Å². The van der Waals surface area contributed by atoms with Gasteiger partial charge in [-0.15, -0.1) is 0 Å². The highest BCUT2D eigenvalue weighted by molar-refractivity contribution is 5.87. The van der Waals surface area contributed by atoms with Crippen molar-refractivity contribution >= 4 is 11.9 Å². The average molecular weight is 264 g/mol. The van der Waals surface area contributed by atoms with Gasteiger partial charge in [0.15, 0.2) is 5.69 Å². The predicted molar refractivity (Wildman–Crippen MR) is 65.4 cm³/mol. The first-order valence-corrected chi connectivity index (χ1v) is 6.66. The third-order valence-corrected chi connectivity index (χ3v) is 4.20. The summed E-state index contributed by atoms with van der Waals surface area (Å²) in [6.45, 7) is 0. The molecule has 0 spiro atoms. The van der Waals surface area contributed by atoms with Crippen molar-refractivity contribution in [3.05, 3.63) is 17.2 Å². The van der Waals surface area contributed by atoms with Gasteiger partial charge in [-0.2, -0.15) is 0 Å². The molecule has 1 fully saturated rings. The number of fused-ring (bicyclic) bond motifs is 1. The normalized spacial score (nSPS) is 22.6. The number of aromatic nitrogens is 2. The third-order valence-electron chi connectivity index (χ3n) is 4.20. The molecular formula is C13H16N2O4. The Balaban J connectivity index is 2.14. The average Bonchev–Trinajstić information content (AvgIpc) is 2.66. The molecule has 0 bridgehead atoms. The summed E-state index contributed by atoms with van der Waals surface area (Å²) in [6.07, 6.45) is 4.91. The molecule has 2 aliphatic rings. The molecule has 6 heteroatoms. The zero-order valence-corrected chi connectivity index (χ0v) is 10.5.